The first-order valence-corrected chi connectivity index (χ1v) is 6.34. The van der Waals surface area contributed by atoms with Gasteiger partial charge in [0.05, 0.1) is 0 Å². The molecule has 1 N–H and O–H groups in total. The fourth-order valence-electron chi connectivity index (χ4n) is 2.33. The van der Waals surface area contributed by atoms with E-state index in [1.165, 1.54) is 58.3 Å². The molecule has 1 aliphatic heterocycles. The van der Waals surface area contributed by atoms with Crippen LogP contribution in [-0.4, -0.2) is 37.1 Å². The quantitative estimate of drug-likeness (QED) is 0.722. The van der Waals surface area contributed by atoms with Gasteiger partial charge in [0.15, 0.2) is 0 Å². The molecule has 1 saturated heterocycles. The molecule has 0 radical (unpaired) electrons. The Kier molecular flexibility index (Phi) is 3.82. The normalized spacial score (nSPS) is 25.5. The number of hydrogen-bond acceptors (Lipinski definition) is 2. The van der Waals surface area contributed by atoms with Crippen LogP contribution in [0.1, 0.15) is 39.0 Å². The fourth-order valence-corrected chi connectivity index (χ4v) is 2.33. The topological polar surface area (TPSA) is 15.3 Å². The van der Waals surface area contributed by atoms with E-state index in [1.807, 2.05) is 0 Å². The molecule has 2 fully saturated rings. The Morgan fingerprint density at radius 3 is 2.43 bits per heavy atom. The highest BCUT2D eigenvalue weighted by molar-refractivity contribution is 4.81. The Balaban J connectivity index is 1.57. The van der Waals surface area contributed by atoms with E-state index in [2.05, 4.69) is 17.1 Å². The minimum Gasteiger partial charge on any atom is -0.314 e. The van der Waals surface area contributed by atoms with Gasteiger partial charge in [-0.2, -0.15) is 0 Å². The molecule has 2 heteroatoms. The summed E-state index contributed by atoms with van der Waals surface area (Å²) >= 11 is 0. The first-order valence-electron chi connectivity index (χ1n) is 6.34. The zero-order valence-corrected chi connectivity index (χ0v) is 9.47. The first kappa shape index (κ1) is 10.4. The molecule has 2 rings (SSSR count). The smallest absolute Gasteiger partial charge is 0.00915 e. The molecule has 82 valence electrons. The van der Waals surface area contributed by atoms with E-state index in [0.717, 1.165) is 12.0 Å². The molecule has 0 unspecified atom stereocenters. The summed E-state index contributed by atoms with van der Waals surface area (Å²) in [5.74, 6) is 1.03. The van der Waals surface area contributed by atoms with Crippen LogP contribution in [0.5, 0.6) is 0 Å². The summed E-state index contributed by atoms with van der Waals surface area (Å²) in [6, 6.07) is 0.823. The summed E-state index contributed by atoms with van der Waals surface area (Å²) in [6.45, 7) is 7.50. The van der Waals surface area contributed by atoms with Crippen molar-refractivity contribution in [2.75, 3.05) is 26.2 Å². The Morgan fingerprint density at radius 2 is 1.86 bits per heavy atom. The van der Waals surface area contributed by atoms with E-state index in [-0.39, 0.29) is 0 Å². The second-order valence-electron chi connectivity index (χ2n) is 4.97. The maximum Gasteiger partial charge on any atom is 0.00915 e. The van der Waals surface area contributed by atoms with E-state index in [4.69, 9.17) is 0 Å². The average Bonchev–Trinajstić information content (AvgIpc) is 3.01. The molecule has 14 heavy (non-hydrogen) atoms. The lowest BCUT2D eigenvalue weighted by molar-refractivity contribution is 0.197. The van der Waals surface area contributed by atoms with Gasteiger partial charge < -0.3 is 10.2 Å². The molecular formula is C12H24N2. The first-order chi connectivity index (χ1) is 6.88. The van der Waals surface area contributed by atoms with Crippen molar-refractivity contribution in [3.8, 4) is 0 Å². The van der Waals surface area contributed by atoms with Gasteiger partial charge in [-0.15, -0.1) is 0 Å². The molecule has 2 nitrogen and oxygen atoms in total. The Labute approximate surface area is 88.1 Å². The third-order valence-corrected chi connectivity index (χ3v) is 3.52. The van der Waals surface area contributed by atoms with Crippen LogP contribution in [0.4, 0.5) is 0 Å². The number of nitrogens with one attached hydrogen (secondary N) is 1. The van der Waals surface area contributed by atoms with Gasteiger partial charge in [-0.25, -0.2) is 0 Å². The molecule has 1 aliphatic carbocycles. The van der Waals surface area contributed by atoms with Crippen molar-refractivity contribution in [1.82, 2.24) is 10.2 Å². The predicted octanol–water partition coefficient (Wildman–Crippen LogP) is 1.86. The van der Waals surface area contributed by atoms with Gasteiger partial charge in [0, 0.05) is 6.04 Å². The lowest BCUT2D eigenvalue weighted by atomic mass is 10.0. The van der Waals surface area contributed by atoms with Gasteiger partial charge in [-0.1, -0.05) is 6.92 Å². The van der Waals surface area contributed by atoms with Crippen molar-refractivity contribution in [1.29, 1.82) is 0 Å². The SMILES string of the molecule is CCCN1CCC(NCC2CC2)CC1. The van der Waals surface area contributed by atoms with Gasteiger partial charge in [0.25, 0.3) is 0 Å². The molecule has 0 bridgehead atoms. The van der Waals surface area contributed by atoms with E-state index in [1.54, 1.807) is 0 Å². The predicted molar refractivity (Wildman–Crippen MR) is 60.5 cm³/mol. The summed E-state index contributed by atoms with van der Waals surface area (Å²) in [4.78, 5) is 2.61. The van der Waals surface area contributed by atoms with Crippen LogP contribution in [0.3, 0.4) is 0 Å². The number of likely N-dealkylation sites (tertiary alicyclic amines) is 1. The maximum absolute atomic E-state index is 3.72. The number of hydrogen-bond donors (Lipinski definition) is 1. The van der Waals surface area contributed by atoms with Crippen LogP contribution in [0.2, 0.25) is 0 Å². The Hall–Kier alpha value is -0.0800. The van der Waals surface area contributed by atoms with Crippen LogP contribution < -0.4 is 5.32 Å². The summed E-state index contributed by atoms with van der Waals surface area (Å²) in [7, 11) is 0. The maximum atomic E-state index is 3.72. The molecule has 0 amide bonds. The van der Waals surface area contributed by atoms with Crippen LogP contribution in [0.15, 0.2) is 0 Å². The molecule has 2 aliphatic rings. The molecule has 0 spiro atoms. The number of nitrogens with zero attached hydrogens (tertiary/aromatic N) is 1. The Bertz CT molecular complexity index is 158. The summed E-state index contributed by atoms with van der Waals surface area (Å²) in [6.07, 6.45) is 6.99. The number of rotatable bonds is 5. The highest BCUT2D eigenvalue weighted by atomic mass is 15.1. The van der Waals surface area contributed by atoms with E-state index >= 15 is 0 Å². The van der Waals surface area contributed by atoms with E-state index in [9.17, 15) is 0 Å². The minimum atomic E-state index is 0.823. The second-order valence-corrected chi connectivity index (χ2v) is 4.97. The molecular weight excluding hydrogens is 172 g/mol. The van der Waals surface area contributed by atoms with Crippen molar-refractivity contribution in [2.45, 2.75) is 45.1 Å². The van der Waals surface area contributed by atoms with Crippen LogP contribution >= 0.6 is 0 Å². The zero-order valence-electron chi connectivity index (χ0n) is 9.47. The lowest BCUT2D eigenvalue weighted by Crippen LogP contribution is -2.43. The Morgan fingerprint density at radius 1 is 1.14 bits per heavy atom. The number of piperidine rings is 1. The van der Waals surface area contributed by atoms with Crippen molar-refractivity contribution >= 4 is 0 Å². The summed E-state index contributed by atoms with van der Waals surface area (Å²) < 4.78 is 0. The van der Waals surface area contributed by atoms with Crippen LogP contribution in [0.25, 0.3) is 0 Å². The van der Waals surface area contributed by atoms with Crippen molar-refractivity contribution in [3.05, 3.63) is 0 Å². The van der Waals surface area contributed by atoms with Crippen LogP contribution in [0, 0.1) is 5.92 Å². The lowest BCUT2D eigenvalue weighted by Gasteiger charge is -2.32. The third kappa shape index (κ3) is 3.25. The monoisotopic (exact) mass is 196 g/mol. The largest absolute Gasteiger partial charge is 0.314 e. The molecule has 1 saturated carbocycles. The van der Waals surface area contributed by atoms with Gasteiger partial charge in [-0.05, 0) is 64.2 Å². The van der Waals surface area contributed by atoms with Gasteiger partial charge in [0.2, 0.25) is 0 Å². The molecule has 0 aromatic heterocycles. The summed E-state index contributed by atoms with van der Waals surface area (Å²) in [5.41, 5.74) is 0. The second kappa shape index (κ2) is 5.13. The van der Waals surface area contributed by atoms with Crippen LogP contribution in [-0.2, 0) is 0 Å². The average molecular weight is 196 g/mol. The molecule has 0 aromatic carbocycles. The molecule has 0 atom stereocenters. The molecule has 0 aromatic rings. The highest BCUT2D eigenvalue weighted by Crippen LogP contribution is 2.28. The zero-order chi connectivity index (χ0) is 9.80. The highest BCUT2D eigenvalue weighted by Gasteiger charge is 2.23. The van der Waals surface area contributed by atoms with E-state index in [0.29, 0.717) is 0 Å². The molecule has 1 heterocycles. The fraction of sp³-hybridized carbons (Fsp3) is 1.00. The van der Waals surface area contributed by atoms with Crippen molar-refractivity contribution < 1.29 is 0 Å². The minimum absolute atomic E-state index is 0.823. The van der Waals surface area contributed by atoms with Crippen molar-refractivity contribution in [3.63, 3.8) is 0 Å². The summed E-state index contributed by atoms with van der Waals surface area (Å²) in [5, 5.41) is 3.72. The van der Waals surface area contributed by atoms with Gasteiger partial charge in [0.1, 0.15) is 0 Å². The van der Waals surface area contributed by atoms with Crippen molar-refractivity contribution in [2.24, 2.45) is 5.92 Å². The van der Waals surface area contributed by atoms with E-state index < -0.39 is 0 Å². The van der Waals surface area contributed by atoms with Gasteiger partial charge >= 0.3 is 0 Å². The standard InChI is InChI=1S/C12H24N2/c1-2-7-14-8-5-12(6-9-14)13-10-11-3-4-11/h11-13H,2-10H2,1H3. The third-order valence-electron chi connectivity index (χ3n) is 3.52. The van der Waals surface area contributed by atoms with Gasteiger partial charge in [-0.3, -0.25) is 0 Å².